The van der Waals surface area contributed by atoms with Crippen molar-refractivity contribution in [3.63, 3.8) is 0 Å². The van der Waals surface area contributed by atoms with E-state index in [1.807, 2.05) is 25.1 Å². The van der Waals surface area contributed by atoms with Crippen LogP contribution in [0.25, 0.3) is 10.6 Å². The Bertz CT molecular complexity index is 1310. The predicted octanol–water partition coefficient (Wildman–Crippen LogP) is 4.72. The number of benzene rings is 1. The number of aliphatic hydroxyl groups is 2. The molecular weight excluding hydrogens is 508 g/mol. The Morgan fingerprint density at radius 3 is 2.86 bits per heavy atom. The maximum Gasteiger partial charge on any atom is 0.231 e. The van der Waals surface area contributed by atoms with Gasteiger partial charge in [-0.3, -0.25) is 4.79 Å². The van der Waals surface area contributed by atoms with Gasteiger partial charge in [-0.2, -0.15) is 11.3 Å². The first-order chi connectivity index (χ1) is 17.8. The number of nitrogens with zero attached hydrogens (tertiary/aromatic N) is 1. The van der Waals surface area contributed by atoms with Crippen LogP contribution in [0.2, 0.25) is 0 Å². The van der Waals surface area contributed by atoms with Crippen LogP contribution in [-0.2, 0) is 17.8 Å². The second-order valence-corrected chi connectivity index (χ2v) is 12.9. The van der Waals surface area contributed by atoms with Gasteiger partial charge in [0.05, 0.1) is 18.4 Å². The number of amides is 1. The van der Waals surface area contributed by atoms with Gasteiger partial charge in [0, 0.05) is 40.1 Å². The van der Waals surface area contributed by atoms with Crippen molar-refractivity contribution in [3.8, 4) is 22.1 Å². The molecule has 3 heterocycles. The minimum atomic E-state index is -0.627. The SMILES string of the molecule is CC1(CO)C(O)CCC2(C)C(CC(=O)NCc3ccc4c(c3)OCO4)c3nc(-c4ccsc4)sc3CC12. The fourth-order valence-electron chi connectivity index (χ4n) is 6.66. The molecule has 7 nitrogen and oxygen atoms in total. The lowest BCUT2D eigenvalue weighted by Crippen LogP contribution is -2.57. The summed E-state index contributed by atoms with van der Waals surface area (Å²) in [5.74, 6) is 1.34. The fourth-order valence-corrected chi connectivity index (χ4v) is 8.54. The van der Waals surface area contributed by atoms with Crippen molar-refractivity contribution in [2.24, 2.45) is 16.7 Å². The third-order valence-corrected chi connectivity index (χ3v) is 10.8. The molecule has 2 aliphatic carbocycles. The highest BCUT2D eigenvalue weighted by Gasteiger charge is 2.59. The third-order valence-electron chi connectivity index (χ3n) is 8.98. The van der Waals surface area contributed by atoms with Crippen LogP contribution < -0.4 is 14.8 Å². The van der Waals surface area contributed by atoms with Gasteiger partial charge in [-0.25, -0.2) is 4.98 Å². The average molecular weight is 541 g/mol. The molecule has 3 aliphatic rings. The summed E-state index contributed by atoms with van der Waals surface area (Å²) in [5, 5.41) is 29.7. The molecule has 5 atom stereocenters. The topological polar surface area (TPSA) is 101 Å². The van der Waals surface area contributed by atoms with Crippen LogP contribution in [0.4, 0.5) is 0 Å². The van der Waals surface area contributed by atoms with E-state index in [1.165, 1.54) is 4.88 Å². The molecule has 1 aliphatic heterocycles. The Kier molecular flexibility index (Phi) is 6.30. The van der Waals surface area contributed by atoms with Gasteiger partial charge in [0.2, 0.25) is 12.7 Å². The molecule has 6 rings (SSSR count). The second-order valence-electron chi connectivity index (χ2n) is 11.0. The number of carbonyl (C=O) groups excluding carboxylic acids is 1. The van der Waals surface area contributed by atoms with Gasteiger partial charge in [0.25, 0.3) is 0 Å². The average Bonchev–Trinajstić information content (AvgIpc) is 3.66. The number of thiazole rings is 1. The number of nitrogens with one attached hydrogen (secondary N) is 1. The molecule has 1 fully saturated rings. The van der Waals surface area contributed by atoms with E-state index in [-0.39, 0.29) is 36.6 Å². The molecule has 1 aromatic carbocycles. The van der Waals surface area contributed by atoms with Crippen LogP contribution in [0.5, 0.6) is 11.5 Å². The van der Waals surface area contributed by atoms with Crippen molar-refractivity contribution in [2.45, 2.75) is 58.1 Å². The van der Waals surface area contributed by atoms with E-state index in [1.54, 1.807) is 22.7 Å². The van der Waals surface area contributed by atoms with Gasteiger partial charge in [0.1, 0.15) is 5.01 Å². The summed E-state index contributed by atoms with van der Waals surface area (Å²) < 4.78 is 10.9. The fraction of sp³-hybridized carbons (Fsp3) is 0.500. The summed E-state index contributed by atoms with van der Waals surface area (Å²) in [4.78, 5) is 19.7. The van der Waals surface area contributed by atoms with E-state index in [9.17, 15) is 15.0 Å². The highest BCUT2D eigenvalue weighted by atomic mass is 32.1. The van der Waals surface area contributed by atoms with E-state index in [4.69, 9.17) is 14.5 Å². The molecule has 0 spiro atoms. The van der Waals surface area contributed by atoms with Gasteiger partial charge in [-0.05, 0) is 59.7 Å². The quantitative estimate of drug-likeness (QED) is 0.418. The molecule has 1 saturated carbocycles. The Morgan fingerprint density at radius 2 is 2.08 bits per heavy atom. The molecule has 9 heteroatoms. The maximum absolute atomic E-state index is 13.4. The Morgan fingerprint density at radius 1 is 1.24 bits per heavy atom. The molecule has 0 bridgehead atoms. The number of thiophene rings is 1. The van der Waals surface area contributed by atoms with Crippen molar-refractivity contribution in [1.82, 2.24) is 10.3 Å². The van der Waals surface area contributed by atoms with E-state index in [0.29, 0.717) is 25.1 Å². The van der Waals surface area contributed by atoms with Gasteiger partial charge in [0.15, 0.2) is 11.5 Å². The molecule has 37 heavy (non-hydrogen) atoms. The standard InChI is InChI=1S/C28H32N2O5S2/c1-27-7-5-23(32)28(2,14-31)22(27)11-21-25(30-26(37-21)17-6-8-36-13-17)18(27)10-24(33)29-12-16-3-4-19-20(9-16)35-15-34-19/h3-4,6,8-9,13,18,22-23,31-32H,5,7,10-12,14-15H2,1-2H3,(H,29,33). The number of ether oxygens (including phenoxy) is 2. The van der Waals surface area contributed by atoms with E-state index in [2.05, 4.69) is 29.1 Å². The molecule has 0 radical (unpaired) electrons. The summed E-state index contributed by atoms with van der Waals surface area (Å²) in [5.41, 5.74) is 2.18. The normalized spacial score (nSPS) is 30.0. The molecule has 0 saturated heterocycles. The number of rotatable bonds is 6. The van der Waals surface area contributed by atoms with Crippen molar-refractivity contribution in [1.29, 1.82) is 0 Å². The largest absolute Gasteiger partial charge is 0.454 e. The first kappa shape index (κ1) is 24.9. The zero-order valence-electron chi connectivity index (χ0n) is 21.0. The maximum atomic E-state index is 13.4. The third kappa shape index (κ3) is 4.16. The number of hydrogen-bond donors (Lipinski definition) is 3. The molecule has 5 unspecified atom stereocenters. The smallest absolute Gasteiger partial charge is 0.231 e. The highest BCUT2D eigenvalue weighted by molar-refractivity contribution is 7.15. The predicted molar refractivity (Wildman–Crippen MR) is 143 cm³/mol. The van der Waals surface area contributed by atoms with Crippen LogP contribution in [0.15, 0.2) is 35.0 Å². The molecule has 2 aromatic heterocycles. The van der Waals surface area contributed by atoms with Crippen LogP contribution in [-0.4, -0.2) is 40.6 Å². The van der Waals surface area contributed by atoms with Crippen LogP contribution >= 0.6 is 22.7 Å². The summed E-state index contributed by atoms with van der Waals surface area (Å²) in [6, 6.07) is 7.79. The summed E-state index contributed by atoms with van der Waals surface area (Å²) in [6.45, 7) is 4.78. The van der Waals surface area contributed by atoms with Crippen molar-refractivity contribution in [2.75, 3.05) is 13.4 Å². The van der Waals surface area contributed by atoms with E-state index >= 15 is 0 Å². The zero-order valence-corrected chi connectivity index (χ0v) is 22.7. The monoisotopic (exact) mass is 540 g/mol. The summed E-state index contributed by atoms with van der Waals surface area (Å²) in [7, 11) is 0. The Labute approximate surface area is 224 Å². The summed E-state index contributed by atoms with van der Waals surface area (Å²) >= 11 is 3.33. The van der Waals surface area contributed by atoms with Crippen molar-refractivity contribution < 1.29 is 24.5 Å². The van der Waals surface area contributed by atoms with Gasteiger partial charge in [-0.15, -0.1) is 11.3 Å². The zero-order chi connectivity index (χ0) is 25.8. The van der Waals surface area contributed by atoms with Crippen molar-refractivity contribution >= 4 is 28.6 Å². The number of fused-ring (bicyclic) bond motifs is 3. The van der Waals surface area contributed by atoms with Gasteiger partial charge < -0.3 is 25.0 Å². The molecule has 196 valence electrons. The molecular formula is C28H32N2O5S2. The first-order valence-corrected chi connectivity index (χ1v) is 14.5. The van der Waals surface area contributed by atoms with E-state index in [0.717, 1.165) is 40.4 Å². The minimum Gasteiger partial charge on any atom is -0.454 e. The van der Waals surface area contributed by atoms with Crippen LogP contribution in [0, 0.1) is 16.7 Å². The Hall–Kier alpha value is -2.46. The number of carbonyl (C=O) groups is 1. The molecule has 3 aromatic rings. The minimum absolute atomic E-state index is 0.0302. The lowest BCUT2D eigenvalue weighted by atomic mass is 9.47. The number of hydrogen-bond acceptors (Lipinski definition) is 8. The van der Waals surface area contributed by atoms with Crippen LogP contribution in [0.3, 0.4) is 0 Å². The lowest BCUT2D eigenvalue weighted by molar-refractivity contribution is -0.144. The summed E-state index contributed by atoms with van der Waals surface area (Å²) in [6.07, 6.45) is 1.91. The number of aliphatic hydroxyl groups excluding tert-OH is 2. The van der Waals surface area contributed by atoms with Gasteiger partial charge >= 0.3 is 0 Å². The molecule has 1 amide bonds. The molecule has 3 N–H and O–H groups in total. The number of aromatic nitrogens is 1. The first-order valence-electron chi connectivity index (χ1n) is 12.8. The lowest BCUT2D eigenvalue weighted by Gasteiger charge is -2.58. The highest BCUT2D eigenvalue weighted by Crippen LogP contribution is 2.63. The van der Waals surface area contributed by atoms with Crippen LogP contribution in [0.1, 0.15) is 55.2 Å². The van der Waals surface area contributed by atoms with Gasteiger partial charge in [-0.1, -0.05) is 19.9 Å². The van der Waals surface area contributed by atoms with Crippen molar-refractivity contribution in [3.05, 3.63) is 51.2 Å². The Balaban J connectivity index is 1.30. The second kappa shape index (κ2) is 9.38. The van der Waals surface area contributed by atoms with E-state index < -0.39 is 11.5 Å².